The number of carbonyl (C=O) groups excluding carboxylic acids is 4. The number of carbonyl (C=O) groups is 4. The van der Waals surface area contributed by atoms with Crippen LogP contribution in [0, 0.1) is 0 Å². The van der Waals surface area contributed by atoms with E-state index in [-0.39, 0.29) is 18.1 Å². The quantitative estimate of drug-likeness (QED) is 0.787. The number of ether oxygens (including phenoxy) is 2. The first kappa shape index (κ1) is 17.2. The number of rotatable bonds is 5. The highest BCUT2D eigenvalue weighted by Crippen LogP contribution is 2.10. The normalized spacial score (nSPS) is 9.55. The minimum absolute atomic E-state index is 0.125. The van der Waals surface area contributed by atoms with Crippen molar-refractivity contribution in [1.82, 2.24) is 5.32 Å². The van der Waals surface area contributed by atoms with Crippen molar-refractivity contribution in [3.05, 3.63) is 29.8 Å². The van der Waals surface area contributed by atoms with Gasteiger partial charge in [-0.3, -0.25) is 14.9 Å². The van der Waals surface area contributed by atoms with E-state index in [1.165, 1.54) is 31.2 Å². The van der Waals surface area contributed by atoms with Gasteiger partial charge in [-0.2, -0.15) is 0 Å². The van der Waals surface area contributed by atoms with Crippen molar-refractivity contribution in [2.75, 3.05) is 18.5 Å². The second-order valence-corrected chi connectivity index (χ2v) is 4.10. The minimum atomic E-state index is -0.900. The highest BCUT2D eigenvalue weighted by atomic mass is 16.6. The van der Waals surface area contributed by atoms with Gasteiger partial charge < -0.3 is 14.8 Å². The number of nitrogens with one attached hydrogen (secondary N) is 2. The van der Waals surface area contributed by atoms with E-state index in [2.05, 4.69) is 10.1 Å². The van der Waals surface area contributed by atoms with Crippen molar-refractivity contribution in [2.24, 2.45) is 0 Å². The largest absolute Gasteiger partial charge is 0.452 e. The molecule has 0 saturated heterocycles. The smallest absolute Gasteiger partial charge is 0.413 e. The molecule has 0 bridgehead atoms. The van der Waals surface area contributed by atoms with Crippen LogP contribution in [0.3, 0.4) is 0 Å². The first-order valence-corrected chi connectivity index (χ1v) is 6.43. The maximum atomic E-state index is 11.7. The van der Waals surface area contributed by atoms with Crippen LogP contribution in [-0.2, 0) is 19.1 Å². The van der Waals surface area contributed by atoms with Crippen LogP contribution in [0.2, 0.25) is 0 Å². The zero-order valence-electron chi connectivity index (χ0n) is 12.2. The zero-order chi connectivity index (χ0) is 16.5. The molecule has 0 aliphatic carbocycles. The van der Waals surface area contributed by atoms with E-state index in [0.29, 0.717) is 5.69 Å². The molecule has 0 unspecified atom stereocenters. The number of esters is 1. The average molecular weight is 308 g/mol. The van der Waals surface area contributed by atoms with Gasteiger partial charge in [-0.25, -0.2) is 9.59 Å². The molecule has 118 valence electrons. The number of anilines is 1. The van der Waals surface area contributed by atoms with Gasteiger partial charge in [0, 0.05) is 12.6 Å². The summed E-state index contributed by atoms with van der Waals surface area (Å²) in [4.78, 5) is 44.8. The molecule has 1 aromatic carbocycles. The molecule has 0 saturated carbocycles. The van der Waals surface area contributed by atoms with Gasteiger partial charge in [0.25, 0.3) is 5.91 Å². The Hall–Kier alpha value is -2.90. The van der Waals surface area contributed by atoms with E-state index in [0.717, 1.165) is 0 Å². The first-order valence-electron chi connectivity index (χ1n) is 6.43. The zero-order valence-corrected chi connectivity index (χ0v) is 12.2. The Labute approximate surface area is 126 Å². The Kier molecular flexibility index (Phi) is 6.55. The van der Waals surface area contributed by atoms with Crippen molar-refractivity contribution in [2.45, 2.75) is 13.8 Å². The summed E-state index contributed by atoms with van der Waals surface area (Å²) in [5, 5.41) is 4.44. The molecule has 2 N–H and O–H groups in total. The number of hydrogen-bond acceptors (Lipinski definition) is 6. The third-order valence-electron chi connectivity index (χ3n) is 2.29. The lowest BCUT2D eigenvalue weighted by Gasteiger charge is -2.06. The summed E-state index contributed by atoms with van der Waals surface area (Å²) >= 11 is 0. The van der Waals surface area contributed by atoms with Gasteiger partial charge in [0.2, 0.25) is 5.91 Å². The fourth-order valence-electron chi connectivity index (χ4n) is 1.42. The predicted molar refractivity (Wildman–Crippen MR) is 76.2 cm³/mol. The Morgan fingerprint density at radius 3 is 2.23 bits per heavy atom. The van der Waals surface area contributed by atoms with Crippen molar-refractivity contribution < 1.29 is 28.7 Å². The van der Waals surface area contributed by atoms with E-state index in [4.69, 9.17) is 4.74 Å². The average Bonchev–Trinajstić information content (AvgIpc) is 2.45. The van der Waals surface area contributed by atoms with Crippen molar-refractivity contribution in [3.8, 4) is 0 Å². The summed E-state index contributed by atoms with van der Waals surface area (Å²) in [5.74, 6) is -1.75. The number of amides is 3. The molecule has 8 heteroatoms. The maximum Gasteiger partial charge on any atom is 0.413 e. The summed E-state index contributed by atoms with van der Waals surface area (Å²) in [6, 6.07) is 5.93. The van der Waals surface area contributed by atoms with Gasteiger partial charge in [0.1, 0.15) is 0 Å². The van der Waals surface area contributed by atoms with Crippen LogP contribution in [0.25, 0.3) is 0 Å². The second kappa shape index (κ2) is 8.40. The summed E-state index contributed by atoms with van der Waals surface area (Å²) in [6.45, 7) is 2.48. The molecule has 22 heavy (non-hydrogen) atoms. The number of imide groups is 1. The molecule has 1 aromatic rings. The first-order chi connectivity index (χ1) is 10.4. The molecule has 0 aromatic heterocycles. The van der Waals surface area contributed by atoms with Crippen LogP contribution in [0.15, 0.2) is 24.3 Å². The summed E-state index contributed by atoms with van der Waals surface area (Å²) in [7, 11) is 0. The van der Waals surface area contributed by atoms with Gasteiger partial charge in [0.15, 0.2) is 6.61 Å². The Bertz CT molecular complexity index is 567. The van der Waals surface area contributed by atoms with Gasteiger partial charge in [0.05, 0.1) is 12.2 Å². The molecule has 0 aliphatic rings. The molecule has 1 rings (SSSR count). The van der Waals surface area contributed by atoms with Crippen LogP contribution >= 0.6 is 0 Å². The van der Waals surface area contributed by atoms with Crippen molar-refractivity contribution in [3.63, 3.8) is 0 Å². The van der Waals surface area contributed by atoms with E-state index in [9.17, 15) is 19.2 Å². The topological polar surface area (TPSA) is 111 Å². The van der Waals surface area contributed by atoms with Gasteiger partial charge in [-0.15, -0.1) is 0 Å². The molecule has 0 radical (unpaired) electrons. The number of alkyl carbamates (subject to hydrolysis) is 1. The Balaban J connectivity index is 2.46. The van der Waals surface area contributed by atoms with Crippen LogP contribution in [-0.4, -0.2) is 37.1 Å². The van der Waals surface area contributed by atoms with E-state index >= 15 is 0 Å². The van der Waals surface area contributed by atoms with E-state index in [1.54, 1.807) is 6.92 Å². The third kappa shape index (κ3) is 6.04. The van der Waals surface area contributed by atoms with Gasteiger partial charge in [-0.1, -0.05) is 0 Å². The lowest BCUT2D eigenvalue weighted by Crippen LogP contribution is -2.34. The van der Waals surface area contributed by atoms with E-state index < -0.39 is 24.6 Å². The fourth-order valence-corrected chi connectivity index (χ4v) is 1.42. The fraction of sp³-hybridized carbons (Fsp3) is 0.286. The molecule has 0 atom stereocenters. The molecule has 8 nitrogen and oxygen atoms in total. The van der Waals surface area contributed by atoms with Crippen LogP contribution in [0.1, 0.15) is 24.2 Å². The molecule has 0 spiro atoms. The number of benzene rings is 1. The van der Waals surface area contributed by atoms with Gasteiger partial charge >= 0.3 is 12.1 Å². The molecular formula is C14H16N2O6. The highest BCUT2D eigenvalue weighted by molar-refractivity contribution is 5.96. The summed E-state index contributed by atoms with van der Waals surface area (Å²) in [5.41, 5.74) is 0.738. The van der Waals surface area contributed by atoms with Gasteiger partial charge in [-0.05, 0) is 31.2 Å². The van der Waals surface area contributed by atoms with Crippen LogP contribution < -0.4 is 10.6 Å². The monoisotopic (exact) mass is 308 g/mol. The summed E-state index contributed by atoms with van der Waals surface area (Å²) in [6.07, 6.45) is -0.900. The molecular weight excluding hydrogens is 292 g/mol. The van der Waals surface area contributed by atoms with Crippen LogP contribution in [0.4, 0.5) is 10.5 Å². The molecule has 0 aliphatic heterocycles. The highest BCUT2D eigenvalue weighted by Gasteiger charge is 2.12. The maximum absolute atomic E-state index is 11.7. The minimum Gasteiger partial charge on any atom is -0.452 e. The molecule has 3 amide bonds. The Morgan fingerprint density at radius 2 is 1.68 bits per heavy atom. The van der Waals surface area contributed by atoms with Crippen molar-refractivity contribution in [1.29, 1.82) is 0 Å². The van der Waals surface area contributed by atoms with Crippen LogP contribution in [0.5, 0.6) is 0 Å². The van der Waals surface area contributed by atoms with E-state index in [1.807, 2.05) is 5.32 Å². The number of hydrogen-bond donors (Lipinski definition) is 2. The molecule has 0 fully saturated rings. The third-order valence-corrected chi connectivity index (χ3v) is 2.29. The predicted octanol–water partition coefficient (Wildman–Crippen LogP) is 1.07. The standard InChI is InChI=1S/C14H16N2O6/c1-3-21-14(20)16-12(18)8-22-13(19)10-4-6-11(7-5-10)15-9(2)17/h4-7H,3,8H2,1-2H3,(H,15,17)(H,16,18,20). The SMILES string of the molecule is CCOC(=O)NC(=O)COC(=O)c1ccc(NC(C)=O)cc1. The van der Waals surface area contributed by atoms with Crippen molar-refractivity contribution >= 4 is 29.6 Å². The summed E-state index contributed by atoms with van der Waals surface area (Å²) < 4.78 is 9.25. The Morgan fingerprint density at radius 1 is 1.05 bits per heavy atom. The molecule has 0 heterocycles. The second-order valence-electron chi connectivity index (χ2n) is 4.10. The lowest BCUT2D eigenvalue weighted by atomic mass is 10.2. The lowest BCUT2D eigenvalue weighted by molar-refractivity contribution is -0.123.